The van der Waals surface area contributed by atoms with Gasteiger partial charge in [0.05, 0.1) is 18.3 Å². The van der Waals surface area contributed by atoms with E-state index in [1.165, 1.54) is 0 Å². The molecular formula is C18H23N3O2. The van der Waals surface area contributed by atoms with E-state index in [9.17, 15) is 4.79 Å². The third-order valence-electron chi connectivity index (χ3n) is 3.42. The number of nitrogens with zero attached hydrogens (tertiary/aromatic N) is 1. The lowest BCUT2D eigenvalue weighted by molar-refractivity contribution is 0.0653. The normalized spacial score (nSPS) is 10.6. The average Bonchev–Trinajstić information content (AvgIpc) is 2.58. The second kappa shape index (κ2) is 8.29. The fourth-order valence-electron chi connectivity index (χ4n) is 2.17. The maximum Gasteiger partial charge on any atom is 0.254 e. The number of ether oxygens (including phenoxy) is 1. The van der Waals surface area contributed by atoms with Crippen molar-refractivity contribution in [1.29, 1.82) is 0 Å². The minimum absolute atomic E-state index is 0.156. The number of anilines is 1. The molecule has 0 fully saturated rings. The van der Waals surface area contributed by atoms with Crippen LogP contribution < -0.4 is 10.6 Å². The molecule has 23 heavy (non-hydrogen) atoms. The second-order valence-electron chi connectivity index (χ2n) is 5.46. The molecule has 0 bridgehead atoms. The van der Waals surface area contributed by atoms with Gasteiger partial charge < -0.3 is 15.4 Å². The Hall–Kier alpha value is -2.40. The summed E-state index contributed by atoms with van der Waals surface area (Å²) < 4.78 is 5.69. The quantitative estimate of drug-likeness (QED) is 0.825. The number of hydrogen-bond acceptors (Lipinski definition) is 4. The summed E-state index contributed by atoms with van der Waals surface area (Å²) in [5, 5.41) is 5.87. The van der Waals surface area contributed by atoms with Crippen molar-refractivity contribution in [3.8, 4) is 0 Å². The van der Waals surface area contributed by atoms with Crippen molar-refractivity contribution < 1.29 is 9.53 Å². The van der Waals surface area contributed by atoms with Crippen LogP contribution in [0.1, 0.15) is 35.3 Å². The Kier molecular flexibility index (Phi) is 6.11. The number of benzene rings is 1. The van der Waals surface area contributed by atoms with Crippen LogP contribution in [0.15, 0.2) is 42.6 Å². The number of carbonyl (C=O) groups excluding carboxylic acids is 1. The first-order valence-electron chi connectivity index (χ1n) is 7.71. The van der Waals surface area contributed by atoms with Gasteiger partial charge in [-0.1, -0.05) is 24.3 Å². The maximum absolute atomic E-state index is 11.9. The van der Waals surface area contributed by atoms with Gasteiger partial charge >= 0.3 is 0 Å². The highest BCUT2D eigenvalue weighted by molar-refractivity contribution is 5.98. The van der Waals surface area contributed by atoms with Crippen LogP contribution >= 0.6 is 0 Å². The number of pyridine rings is 1. The molecular weight excluding hydrogens is 290 g/mol. The van der Waals surface area contributed by atoms with Gasteiger partial charge in [-0.3, -0.25) is 4.79 Å². The third-order valence-corrected chi connectivity index (χ3v) is 3.42. The first kappa shape index (κ1) is 17.0. The van der Waals surface area contributed by atoms with Crippen molar-refractivity contribution in [2.24, 2.45) is 0 Å². The molecule has 0 saturated heterocycles. The summed E-state index contributed by atoms with van der Waals surface area (Å²) >= 11 is 0. The van der Waals surface area contributed by atoms with Crippen molar-refractivity contribution in [3.05, 3.63) is 59.3 Å². The minimum Gasteiger partial charge on any atom is -0.374 e. The molecule has 2 aromatic rings. The Morgan fingerprint density at radius 1 is 1.17 bits per heavy atom. The van der Waals surface area contributed by atoms with Gasteiger partial charge in [0.1, 0.15) is 5.82 Å². The average molecular weight is 313 g/mol. The summed E-state index contributed by atoms with van der Waals surface area (Å²) in [6.07, 6.45) is 1.86. The highest BCUT2D eigenvalue weighted by Gasteiger charge is 2.11. The Bertz CT molecular complexity index is 656. The number of carbonyl (C=O) groups is 1. The molecule has 0 saturated carbocycles. The molecule has 0 aliphatic heterocycles. The zero-order chi connectivity index (χ0) is 16.7. The number of rotatable bonds is 7. The molecule has 0 aliphatic rings. The SMILES string of the molecule is CNC(=O)c1cccnc1NCc1ccccc1COC(C)C. The van der Waals surface area contributed by atoms with Crippen molar-refractivity contribution in [3.63, 3.8) is 0 Å². The van der Waals surface area contributed by atoms with Gasteiger partial charge in [-0.05, 0) is 37.1 Å². The van der Waals surface area contributed by atoms with E-state index in [-0.39, 0.29) is 12.0 Å². The Morgan fingerprint density at radius 2 is 1.91 bits per heavy atom. The lowest BCUT2D eigenvalue weighted by Gasteiger charge is -2.14. The topological polar surface area (TPSA) is 63.2 Å². The van der Waals surface area contributed by atoms with Gasteiger partial charge in [0.15, 0.2) is 0 Å². The molecule has 5 nitrogen and oxygen atoms in total. The fraction of sp³-hybridized carbons (Fsp3) is 0.333. The van der Waals surface area contributed by atoms with E-state index in [2.05, 4.69) is 27.8 Å². The summed E-state index contributed by atoms with van der Waals surface area (Å²) in [6, 6.07) is 11.6. The van der Waals surface area contributed by atoms with Crippen molar-refractivity contribution >= 4 is 11.7 Å². The zero-order valence-corrected chi connectivity index (χ0v) is 13.8. The molecule has 0 unspecified atom stereocenters. The molecule has 1 heterocycles. The monoisotopic (exact) mass is 313 g/mol. The highest BCUT2D eigenvalue weighted by atomic mass is 16.5. The Morgan fingerprint density at radius 3 is 2.61 bits per heavy atom. The largest absolute Gasteiger partial charge is 0.374 e. The van der Waals surface area contributed by atoms with E-state index in [1.54, 1.807) is 25.4 Å². The van der Waals surface area contributed by atoms with Crippen LogP contribution in [0.25, 0.3) is 0 Å². The van der Waals surface area contributed by atoms with Gasteiger partial charge in [0.2, 0.25) is 0 Å². The molecule has 0 radical (unpaired) electrons. The molecule has 1 aromatic carbocycles. The van der Waals surface area contributed by atoms with E-state index < -0.39 is 0 Å². The molecule has 0 atom stereocenters. The summed E-state index contributed by atoms with van der Waals surface area (Å²) in [6.45, 7) is 5.19. The van der Waals surface area contributed by atoms with Crippen molar-refractivity contribution in [2.45, 2.75) is 33.1 Å². The van der Waals surface area contributed by atoms with Crippen LogP contribution in [0, 0.1) is 0 Å². The van der Waals surface area contributed by atoms with E-state index in [0.29, 0.717) is 24.5 Å². The standard InChI is InChI=1S/C18H23N3O2/c1-13(2)23-12-15-8-5-4-7-14(15)11-21-17-16(18(22)19-3)9-6-10-20-17/h4-10,13H,11-12H2,1-3H3,(H,19,22)(H,20,21). The van der Waals surface area contributed by atoms with Crippen LogP contribution in [0.5, 0.6) is 0 Å². The number of hydrogen-bond donors (Lipinski definition) is 2. The number of aromatic nitrogens is 1. The second-order valence-corrected chi connectivity index (χ2v) is 5.46. The molecule has 2 N–H and O–H groups in total. The third kappa shape index (κ3) is 4.79. The molecule has 0 spiro atoms. The van der Waals surface area contributed by atoms with Crippen LogP contribution in [0.2, 0.25) is 0 Å². The molecule has 2 rings (SSSR count). The lowest BCUT2D eigenvalue weighted by atomic mass is 10.1. The smallest absolute Gasteiger partial charge is 0.254 e. The Balaban J connectivity index is 2.11. The molecule has 122 valence electrons. The van der Waals surface area contributed by atoms with Crippen molar-refractivity contribution in [1.82, 2.24) is 10.3 Å². The predicted molar refractivity (Wildman–Crippen MR) is 91.3 cm³/mol. The van der Waals surface area contributed by atoms with Crippen LogP contribution in [-0.4, -0.2) is 24.0 Å². The summed E-state index contributed by atoms with van der Waals surface area (Å²) in [4.78, 5) is 16.1. The summed E-state index contributed by atoms with van der Waals surface area (Å²) in [5.41, 5.74) is 2.79. The molecule has 1 aromatic heterocycles. The fourth-order valence-corrected chi connectivity index (χ4v) is 2.17. The van der Waals surface area contributed by atoms with Crippen LogP contribution in [-0.2, 0) is 17.9 Å². The summed E-state index contributed by atoms with van der Waals surface area (Å²) in [7, 11) is 1.61. The number of nitrogens with one attached hydrogen (secondary N) is 2. The predicted octanol–water partition coefficient (Wildman–Crippen LogP) is 2.98. The zero-order valence-electron chi connectivity index (χ0n) is 13.8. The van der Waals surface area contributed by atoms with E-state index in [0.717, 1.165) is 11.1 Å². The minimum atomic E-state index is -0.156. The van der Waals surface area contributed by atoms with Crippen LogP contribution in [0.4, 0.5) is 5.82 Å². The molecule has 0 aliphatic carbocycles. The molecule has 1 amide bonds. The lowest BCUT2D eigenvalue weighted by Crippen LogP contribution is -2.20. The van der Waals surface area contributed by atoms with Crippen LogP contribution in [0.3, 0.4) is 0 Å². The van der Waals surface area contributed by atoms with Gasteiger partial charge in [-0.2, -0.15) is 0 Å². The number of amides is 1. The van der Waals surface area contributed by atoms with E-state index >= 15 is 0 Å². The summed E-state index contributed by atoms with van der Waals surface area (Å²) in [5.74, 6) is 0.420. The van der Waals surface area contributed by atoms with Gasteiger partial charge in [0.25, 0.3) is 5.91 Å². The van der Waals surface area contributed by atoms with Gasteiger partial charge in [0, 0.05) is 19.8 Å². The Labute approximate surface area is 137 Å². The van der Waals surface area contributed by atoms with E-state index in [1.807, 2.05) is 26.0 Å². The molecule has 5 heteroatoms. The first-order valence-corrected chi connectivity index (χ1v) is 7.71. The van der Waals surface area contributed by atoms with Gasteiger partial charge in [-0.15, -0.1) is 0 Å². The first-order chi connectivity index (χ1) is 11.1. The maximum atomic E-state index is 11.9. The highest BCUT2D eigenvalue weighted by Crippen LogP contribution is 2.16. The van der Waals surface area contributed by atoms with Crippen molar-refractivity contribution in [2.75, 3.05) is 12.4 Å². The van der Waals surface area contributed by atoms with Gasteiger partial charge in [-0.25, -0.2) is 4.98 Å². The van der Waals surface area contributed by atoms with E-state index in [4.69, 9.17) is 4.74 Å².